The van der Waals surface area contributed by atoms with Crippen molar-refractivity contribution in [1.29, 1.82) is 0 Å². The number of rotatable bonds is 13. The van der Waals surface area contributed by atoms with Gasteiger partial charge in [-0.25, -0.2) is 0 Å². The van der Waals surface area contributed by atoms with Crippen LogP contribution < -0.4 is 0 Å². The molecule has 4 bridgehead atoms. The summed E-state index contributed by atoms with van der Waals surface area (Å²) in [5.41, 5.74) is -9.04. The predicted octanol–water partition coefficient (Wildman–Crippen LogP) is 9.33. The number of fused-ring (bicyclic) bond motifs is 4. The highest BCUT2D eigenvalue weighted by Crippen LogP contribution is 2.61. The third-order valence-corrected chi connectivity index (χ3v) is 12.1. The van der Waals surface area contributed by atoms with Gasteiger partial charge in [0.2, 0.25) is 0 Å². The number of ether oxygens (including phenoxy) is 4. The molecule has 0 heterocycles. The molecule has 4 aliphatic rings. The average Bonchev–Trinajstić information content (AvgIpc) is 3.64. The van der Waals surface area contributed by atoms with Crippen LogP contribution in [-0.4, -0.2) is 62.7 Å². The van der Waals surface area contributed by atoms with E-state index in [0.717, 1.165) is 0 Å². The maximum atomic E-state index is 14.0. The average molecular weight is 695 g/mol. The summed E-state index contributed by atoms with van der Waals surface area (Å²) in [5, 5.41) is 0. The first-order valence-corrected chi connectivity index (χ1v) is 15.7. The molecule has 4 saturated carbocycles. The Hall–Kier alpha value is -1.00. The second-order valence-corrected chi connectivity index (χ2v) is 14.1. The smallest absolute Gasteiger partial charge is 0.353 e. The van der Waals surface area contributed by atoms with E-state index in [2.05, 4.69) is 9.47 Å². The molecule has 10 unspecified atom stereocenters. The van der Waals surface area contributed by atoms with E-state index in [1.807, 2.05) is 27.7 Å². The summed E-state index contributed by atoms with van der Waals surface area (Å²) >= 11 is 0. The zero-order valence-electron chi connectivity index (χ0n) is 26.0. The Balaban J connectivity index is 1.31. The molecule has 0 aromatic carbocycles. The first-order valence-electron chi connectivity index (χ1n) is 15.7. The fourth-order valence-corrected chi connectivity index (χ4v) is 9.15. The van der Waals surface area contributed by atoms with Crippen molar-refractivity contribution < 1.29 is 71.6 Å². The molecule has 0 aromatic heterocycles. The van der Waals surface area contributed by atoms with Gasteiger partial charge in [-0.2, -0.15) is 52.7 Å². The van der Waals surface area contributed by atoms with Crippen molar-refractivity contribution in [2.75, 3.05) is 26.8 Å². The van der Waals surface area contributed by atoms with Crippen molar-refractivity contribution in [3.05, 3.63) is 0 Å². The van der Waals surface area contributed by atoms with Gasteiger partial charge in [0.1, 0.15) is 13.6 Å². The Bertz CT molecular complexity index is 913. The molecular weight excluding hydrogens is 652 g/mol. The second-order valence-electron chi connectivity index (χ2n) is 14.1. The van der Waals surface area contributed by atoms with E-state index in [9.17, 15) is 52.7 Å². The molecule has 4 aliphatic carbocycles. The van der Waals surface area contributed by atoms with Crippen LogP contribution >= 0.6 is 0 Å². The number of hydrogen-bond acceptors (Lipinski definition) is 4. The maximum Gasteiger partial charge on any atom is 0.426 e. The van der Waals surface area contributed by atoms with Gasteiger partial charge >= 0.3 is 24.7 Å². The molecule has 0 radical (unpaired) electrons. The molecule has 0 aromatic rings. The monoisotopic (exact) mass is 694 g/mol. The molecule has 0 amide bonds. The van der Waals surface area contributed by atoms with Gasteiger partial charge in [-0.15, -0.1) is 0 Å². The highest BCUT2D eigenvalue weighted by atomic mass is 19.4. The summed E-state index contributed by atoms with van der Waals surface area (Å²) in [6.07, 6.45) is -24.6. The molecule has 4 fully saturated rings. The van der Waals surface area contributed by atoms with E-state index in [1.165, 1.54) is 0 Å². The third kappa shape index (κ3) is 6.75. The van der Waals surface area contributed by atoms with Gasteiger partial charge in [-0.05, 0) is 97.7 Å². The SMILES string of the molecule is CC1C2CC(CC(OCOCCOCOC(CC3CC4CC3C(C)C4C)(C(F)(F)F)C(F)(F)F)(C(F)(F)F)C(F)(F)F)C(C2)C1C. The summed E-state index contributed by atoms with van der Waals surface area (Å²) in [6, 6.07) is 0. The van der Waals surface area contributed by atoms with Crippen molar-refractivity contribution >= 4 is 0 Å². The van der Waals surface area contributed by atoms with Crippen molar-refractivity contribution in [3.63, 3.8) is 0 Å². The van der Waals surface area contributed by atoms with Crippen molar-refractivity contribution in [3.8, 4) is 0 Å². The molecule has 0 spiro atoms. The van der Waals surface area contributed by atoms with Gasteiger partial charge < -0.3 is 18.9 Å². The molecule has 0 saturated heterocycles. The zero-order valence-corrected chi connectivity index (χ0v) is 26.0. The first kappa shape index (κ1) is 37.8. The molecule has 270 valence electrons. The van der Waals surface area contributed by atoms with Crippen molar-refractivity contribution in [2.24, 2.45) is 59.2 Å². The zero-order chi connectivity index (χ0) is 34.7. The Morgan fingerprint density at radius 3 is 1.00 bits per heavy atom. The minimum absolute atomic E-state index is 0.0220. The van der Waals surface area contributed by atoms with E-state index >= 15 is 0 Å². The summed E-state index contributed by atoms with van der Waals surface area (Å²) in [5.74, 6) is -2.09. The lowest BCUT2D eigenvalue weighted by molar-refractivity contribution is -0.401. The highest BCUT2D eigenvalue weighted by Gasteiger charge is 2.75. The summed E-state index contributed by atoms with van der Waals surface area (Å²) in [4.78, 5) is 0. The number of halogens is 12. The van der Waals surface area contributed by atoms with Crippen LogP contribution in [0.3, 0.4) is 0 Å². The summed E-state index contributed by atoms with van der Waals surface area (Å²) in [7, 11) is 0. The van der Waals surface area contributed by atoms with Gasteiger partial charge in [0.15, 0.2) is 0 Å². The molecule has 4 nitrogen and oxygen atoms in total. The Kier molecular flexibility index (Phi) is 10.7. The van der Waals surface area contributed by atoms with Gasteiger partial charge in [0.05, 0.1) is 13.2 Å². The van der Waals surface area contributed by atoms with Crippen LogP contribution in [0.1, 0.15) is 66.2 Å². The minimum atomic E-state index is -5.84. The van der Waals surface area contributed by atoms with Crippen molar-refractivity contribution in [2.45, 2.75) is 102 Å². The third-order valence-electron chi connectivity index (χ3n) is 12.1. The quantitative estimate of drug-likeness (QED) is 0.109. The topological polar surface area (TPSA) is 36.9 Å². The van der Waals surface area contributed by atoms with Crippen LogP contribution in [0.5, 0.6) is 0 Å². The van der Waals surface area contributed by atoms with E-state index in [4.69, 9.17) is 9.47 Å². The van der Waals surface area contributed by atoms with Crippen LogP contribution in [0.4, 0.5) is 52.7 Å². The fourth-order valence-electron chi connectivity index (χ4n) is 9.15. The van der Waals surface area contributed by atoms with Crippen LogP contribution in [0, 0.1) is 59.2 Å². The van der Waals surface area contributed by atoms with Crippen molar-refractivity contribution in [1.82, 2.24) is 0 Å². The molecule has 4 rings (SSSR count). The van der Waals surface area contributed by atoms with E-state index in [0.29, 0.717) is 12.8 Å². The lowest BCUT2D eigenvalue weighted by Crippen LogP contribution is -2.60. The largest absolute Gasteiger partial charge is 0.426 e. The minimum Gasteiger partial charge on any atom is -0.353 e. The highest BCUT2D eigenvalue weighted by molar-refractivity contribution is 5.06. The standard InChI is InChI=1S/C30H42F12O4/c1-15-17(3)23-9-19(15)7-21(23)11-25(27(31,32)33,28(34,35)36)45-13-43-5-6-44-14-46-26(29(37,38)39,30(40,41)42)12-22-8-20-10-24(22)18(4)16(20)2/h15-24H,5-14H2,1-4H3. The summed E-state index contributed by atoms with van der Waals surface area (Å²) in [6.45, 7) is 2.91. The second kappa shape index (κ2) is 13.0. The molecule has 46 heavy (non-hydrogen) atoms. The van der Waals surface area contributed by atoms with Crippen LogP contribution in [0.15, 0.2) is 0 Å². The first-order chi connectivity index (χ1) is 21.0. The predicted molar refractivity (Wildman–Crippen MR) is 139 cm³/mol. The van der Waals surface area contributed by atoms with Crippen LogP contribution in [0.25, 0.3) is 0 Å². The van der Waals surface area contributed by atoms with E-state index < -0.39 is 87.4 Å². The van der Waals surface area contributed by atoms with Crippen LogP contribution in [-0.2, 0) is 18.9 Å². The molecule has 0 N–H and O–H groups in total. The van der Waals surface area contributed by atoms with E-state index in [1.54, 1.807) is 0 Å². The Morgan fingerprint density at radius 2 is 0.761 bits per heavy atom. The normalized spacial score (nSPS) is 35.5. The van der Waals surface area contributed by atoms with Gasteiger partial charge in [0.25, 0.3) is 11.2 Å². The number of alkyl halides is 12. The van der Waals surface area contributed by atoms with Crippen LogP contribution in [0.2, 0.25) is 0 Å². The number of hydrogen-bond donors (Lipinski definition) is 0. The van der Waals surface area contributed by atoms with Gasteiger partial charge in [-0.3, -0.25) is 0 Å². The molecule has 10 atom stereocenters. The molecule has 16 heteroatoms. The lowest BCUT2D eigenvalue weighted by Gasteiger charge is -2.41. The van der Waals surface area contributed by atoms with Gasteiger partial charge in [-0.1, -0.05) is 27.7 Å². The fraction of sp³-hybridized carbons (Fsp3) is 1.00. The lowest BCUT2D eigenvalue weighted by atomic mass is 9.71. The molecule has 0 aliphatic heterocycles. The Labute approximate surface area is 260 Å². The Morgan fingerprint density at radius 1 is 0.457 bits per heavy atom. The van der Waals surface area contributed by atoms with Gasteiger partial charge in [0, 0.05) is 0 Å². The summed E-state index contributed by atoms with van der Waals surface area (Å²) < 4.78 is 187. The van der Waals surface area contributed by atoms with E-state index in [-0.39, 0.29) is 60.2 Å². The molecular formula is C30H42F12O4. The maximum absolute atomic E-state index is 14.0.